The molecular weight excluding hydrogens is 312 g/mol. The fourth-order valence-electron chi connectivity index (χ4n) is 1.48. The number of carbonyl (C=O) groups is 2. The van der Waals surface area contributed by atoms with Gasteiger partial charge in [0.15, 0.2) is 0 Å². The van der Waals surface area contributed by atoms with E-state index in [2.05, 4.69) is 14.5 Å². The average molecular weight is 324 g/mol. The van der Waals surface area contributed by atoms with E-state index in [0.717, 1.165) is 18.2 Å². The molecule has 6 nitrogen and oxygen atoms in total. The highest BCUT2D eigenvalue weighted by molar-refractivity contribution is 5.96. The van der Waals surface area contributed by atoms with Crippen LogP contribution < -0.4 is 5.32 Å². The van der Waals surface area contributed by atoms with Gasteiger partial charge < -0.3 is 14.8 Å². The molecular formula is C12H12F4N2O4. The summed E-state index contributed by atoms with van der Waals surface area (Å²) in [5.41, 5.74) is -4.37. The normalized spacial score (nSPS) is 14.1. The first-order valence-corrected chi connectivity index (χ1v) is 5.92. The van der Waals surface area contributed by atoms with Crippen LogP contribution >= 0.6 is 0 Å². The topological polar surface area (TPSA) is 77.5 Å². The number of pyridine rings is 1. The molecule has 0 aliphatic carbocycles. The first-order valence-electron chi connectivity index (χ1n) is 5.92. The molecule has 0 fully saturated rings. The zero-order valence-electron chi connectivity index (χ0n) is 11.5. The molecule has 1 atom stereocenters. The number of hydrogen-bond donors (Lipinski definition) is 1. The van der Waals surface area contributed by atoms with E-state index in [1.54, 1.807) is 0 Å². The third-order valence-corrected chi connectivity index (χ3v) is 2.51. The van der Waals surface area contributed by atoms with Gasteiger partial charge in [0.2, 0.25) is 5.95 Å². The van der Waals surface area contributed by atoms with Crippen molar-refractivity contribution in [1.82, 2.24) is 10.3 Å². The minimum absolute atomic E-state index is 0.367. The summed E-state index contributed by atoms with van der Waals surface area (Å²) in [6.07, 6.45) is -5.31. The molecule has 0 saturated heterocycles. The number of alkyl halides is 3. The van der Waals surface area contributed by atoms with Crippen molar-refractivity contribution < 1.29 is 36.6 Å². The lowest BCUT2D eigenvalue weighted by atomic mass is 10.2. The van der Waals surface area contributed by atoms with E-state index in [4.69, 9.17) is 0 Å². The Balaban J connectivity index is 3.18. The van der Waals surface area contributed by atoms with E-state index in [9.17, 15) is 27.2 Å². The Labute approximate surface area is 122 Å². The average Bonchev–Trinajstić information content (AvgIpc) is 2.43. The van der Waals surface area contributed by atoms with Gasteiger partial charge in [-0.1, -0.05) is 6.07 Å². The maximum atomic E-state index is 13.2. The molecule has 0 saturated carbocycles. The van der Waals surface area contributed by atoms with Crippen molar-refractivity contribution in [2.24, 2.45) is 0 Å². The Hall–Kier alpha value is -2.23. The summed E-state index contributed by atoms with van der Waals surface area (Å²) in [4.78, 5) is 26.5. The highest BCUT2D eigenvalue weighted by Gasteiger charge is 2.64. The van der Waals surface area contributed by atoms with Crippen molar-refractivity contribution >= 4 is 11.9 Å². The van der Waals surface area contributed by atoms with Crippen molar-refractivity contribution in [3.8, 4) is 0 Å². The van der Waals surface area contributed by atoms with Crippen LogP contribution in [0, 0.1) is 5.95 Å². The lowest BCUT2D eigenvalue weighted by Gasteiger charge is -2.32. The zero-order valence-corrected chi connectivity index (χ0v) is 11.5. The number of methoxy groups -OCH3 is 1. The molecule has 0 aliphatic heterocycles. The van der Waals surface area contributed by atoms with E-state index in [0.29, 0.717) is 7.11 Å². The minimum atomic E-state index is -5.31. The van der Waals surface area contributed by atoms with Gasteiger partial charge >= 0.3 is 17.9 Å². The zero-order chi connectivity index (χ0) is 17.0. The number of halogens is 4. The predicted octanol–water partition coefficient (Wildman–Crippen LogP) is 1.42. The molecule has 0 aromatic carbocycles. The van der Waals surface area contributed by atoms with Crippen LogP contribution in [-0.2, 0) is 14.3 Å². The van der Waals surface area contributed by atoms with E-state index < -0.39 is 35.4 Å². The van der Waals surface area contributed by atoms with E-state index in [-0.39, 0.29) is 6.61 Å². The molecule has 22 heavy (non-hydrogen) atoms. The van der Waals surface area contributed by atoms with Crippen molar-refractivity contribution in [1.29, 1.82) is 0 Å². The third-order valence-electron chi connectivity index (χ3n) is 2.51. The van der Waals surface area contributed by atoms with Crippen LogP contribution in [0.3, 0.4) is 0 Å². The van der Waals surface area contributed by atoms with E-state index in [1.165, 1.54) is 12.2 Å². The Kier molecular flexibility index (Phi) is 5.42. The van der Waals surface area contributed by atoms with Crippen molar-refractivity contribution in [2.45, 2.75) is 18.8 Å². The Morgan fingerprint density at radius 1 is 1.32 bits per heavy atom. The van der Waals surface area contributed by atoms with Crippen LogP contribution in [0.5, 0.6) is 0 Å². The Morgan fingerprint density at radius 3 is 2.41 bits per heavy atom. The lowest BCUT2D eigenvalue weighted by molar-refractivity contribution is -0.277. The molecule has 0 bridgehead atoms. The molecule has 0 aliphatic rings. The molecule has 1 N–H and O–H groups in total. The highest BCUT2D eigenvalue weighted by atomic mass is 19.4. The highest BCUT2D eigenvalue weighted by Crippen LogP contribution is 2.32. The fraction of sp³-hybridized carbons (Fsp3) is 0.417. The first-order chi connectivity index (χ1) is 10.2. The quantitative estimate of drug-likeness (QED) is 0.384. The van der Waals surface area contributed by atoms with Gasteiger partial charge in [0.1, 0.15) is 5.69 Å². The number of aromatic nitrogens is 1. The number of rotatable bonds is 5. The first kappa shape index (κ1) is 17.8. The molecule has 10 heteroatoms. The molecule has 1 amide bonds. The molecule has 122 valence electrons. The summed E-state index contributed by atoms with van der Waals surface area (Å²) >= 11 is 0. The van der Waals surface area contributed by atoms with Gasteiger partial charge in [-0.3, -0.25) is 4.79 Å². The van der Waals surface area contributed by atoms with Crippen LogP contribution in [0.25, 0.3) is 0 Å². The maximum Gasteiger partial charge on any atom is 0.448 e. The summed E-state index contributed by atoms with van der Waals surface area (Å²) < 4.78 is 60.9. The minimum Gasteiger partial charge on any atom is -0.462 e. The van der Waals surface area contributed by atoms with Gasteiger partial charge in [-0.05, 0) is 19.1 Å². The van der Waals surface area contributed by atoms with Gasteiger partial charge in [-0.2, -0.15) is 17.6 Å². The monoisotopic (exact) mass is 324 g/mol. The van der Waals surface area contributed by atoms with Crippen LogP contribution in [0.2, 0.25) is 0 Å². The van der Waals surface area contributed by atoms with Crippen LogP contribution in [-0.4, -0.2) is 42.5 Å². The molecule has 1 heterocycles. The summed E-state index contributed by atoms with van der Waals surface area (Å²) in [6, 6.07) is 2.94. The van der Waals surface area contributed by atoms with Crippen LogP contribution in [0.15, 0.2) is 18.2 Å². The van der Waals surface area contributed by atoms with Gasteiger partial charge in [-0.25, -0.2) is 9.78 Å². The standard InChI is InChI=1S/C12H12F4N2O4/c1-3-22-10(20)11(21-2,12(14,15)16)18-9(19)7-5-4-6-8(13)17-7/h4-6H,3H2,1-2H3,(H,18,19). The van der Waals surface area contributed by atoms with E-state index >= 15 is 0 Å². The smallest absolute Gasteiger partial charge is 0.448 e. The van der Waals surface area contributed by atoms with Gasteiger partial charge in [0.25, 0.3) is 5.91 Å². The van der Waals surface area contributed by atoms with Gasteiger partial charge in [-0.15, -0.1) is 0 Å². The molecule has 0 spiro atoms. The Morgan fingerprint density at radius 2 is 1.95 bits per heavy atom. The number of nitrogens with zero attached hydrogens (tertiary/aromatic N) is 1. The summed E-state index contributed by atoms with van der Waals surface area (Å²) in [6.45, 7) is 0.915. The summed E-state index contributed by atoms with van der Waals surface area (Å²) in [5, 5.41) is 1.36. The second-order valence-electron chi connectivity index (χ2n) is 3.90. The van der Waals surface area contributed by atoms with Crippen LogP contribution in [0.1, 0.15) is 17.4 Å². The number of carbonyl (C=O) groups excluding carboxylic acids is 2. The van der Waals surface area contributed by atoms with Gasteiger partial charge in [0, 0.05) is 7.11 Å². The second-order valence-corrected chi connectivity index (χ2v) is 3.90. The van der Waals surface area contributed by atoms with Crippen LogP contribution in [0.4, 0.5) is 17.6 Å². The van der Waals surface area contributed by atoms with Crippen molar-refractivity contribution in [3.63, 3.8) is 0 Å². The van der Waals surface area contributed by atoms with E-state index in [1.807, 2.05) is 0 Å². The molecule has 1 unspecified atom stereocenters. The van der Waals surface area contributed by atoms with Crippen molar-refractivity contribution in [2.75, 3.05) is 13.7 Å². The molecule has 1 rings (SSSR count). The lowest BCUT2D eigenvalue weighted by Crippen LogP contribution is -2.65. The number of esters is 1. The predicted molar refractivity (Wildman–Crippen MR) is 64.1 cm³/mol. The maximum absolute atomic E-state index is 13.2. The largest absolute Gasteiger partial charge is 0.462 e. The molecule has 0 radical (unpaired) electrons. The SMILES string of the molecule is CCOC(=O)C(NC(=O)c1cccc(F)n1)(OC)C(F)(F)F. The van der Waals surface area contributed by atoms with Crippen molar-refractivity contribution in [3.05, 3.63) is 29.8 Å². The summed E-state index contributed by atoms with van der Waals surface area (Å²) in [5.74, 6) is -4.37. The number of nitrogens with one attached hydrogen (secondary N) is 1. The number of ether oxygens (including phenoxy) is 2. The van der Waals surface area contributed by atoms with Gasteiger partial charge in [0.05, 0.1) is 6.61 Å². The number of hydrogen-bond acceptors (Lipinski definition) is 5. The molecule has 1 aromatic heterocycles. The third kappa shape index (κ3) is 3.50. The second kappa shape index (κ2) is 6.69. The number of amides is 1. The fourth-order valence-corrected chi connectivity index (χ4v) is 1.48. The molecule has 1 aromatic rings. The summed E-state index contributed by atoms with van der Waals surface area (Å²) in [7, 11) is 0.573. The Bertz CT molecular complexity index is 564.